The molecular weight excluding hydrogens is 472 g/mol. The maximum absolute atomic E-state index is 12.2. The van der Waals surface area contributed by atoms with E-state index in [0.29, 0.717) is 4.88 Å². The van der Waals surface area contributed by atoms with Crippen molar-refractivity contribution < 1.29 is 9.53 Å². The normalized spacial score (nSPS) is 13.6. The number of carbonyl (C=O) groups is 1. The van der Waals surface area contributed by atoms with Crippen LogP contribution >= 0.6 is 11.3 Å². The Kier molecular flexibility index (Phi) is 6.06. The molecule has 0 unspecified atom stereocenters. The van der Waals surface area contributed by atoms with Gasteiger partial charge in [-0.2, -0.15) is 5.10 Å². The smallest absolute Gasteiger partial charge is 0.267 e. The average molecular weight is 497 g/mol. The van der Waals surface area contributed by atoms with Crippen LogP contribution in [0.1, 0.15) is 9.67 Å². The maximum Gasteiger partial charge on any atom is 0.267 e. The Labute approximate surface area is 212 Å². The topological polar surface area (TPSA) is 84.3 Å². The molecule has 0 radical (unpaired) electrons. The maximum atomic E-state index is 12.2. The minimum atomic E-state index is -0.162. The van der Waals surface area contributed by atoms with Gasteiger partial charge >= 0.3 is 0 Å². The summed E-state index contributed by atoms with van der Waals surface area (Å²) >= 11 is 1.31. The summed E-state index contributed by atoms with van der Waals surface area (Å²) in [4.78, 5) is 19.1. The van der Waals surface area contributed by atoms with Crippen molar-refractivity contribution in [2.75, 3.05) is 41.8 Å². The van der Waals surface area contributed by atoms with E-state index in [1.165, 1.54) is 17.0 Å². The summed E-state index contributed by atoms with van der Waals surface area (Å²) in [5.74, 6) is -0.162. The first kappa shape index (κ1) is 22.3. The van der Waals surface area contributed by atoms with Gasteiger partial charge in [-0.25, -0.2) is 4.68 Å². The number of nitrogens with zero attached hydrogens (tertiary/aromatic N) is 4. The lowest BCUT2D eigenvalue weighted by Crippen LogP contribution is -2.36. The molecule has 3 heterocycles. The molecule has 0 saturated carbocycles. The monoisotopic (exact) mass is 496 g/mol. The van der Waals surface area contributed by atoms with Crippen LogP contribution in [-0.2, 0) is 4.74 Å². The molecule has 0 atom stereocenters. The number of amides is 1. The van der Waals surface area contributed by atoms with Crippen molar-refractivity contribution in [1.82, 2.24) is 14.8 Å². The Bertz CT molecular complexity index is 1470. The van der Waals surface area contributed by atoms with Gasteiger partial charge in [-0.15, -0.1) is 11.3 Å². The highest BCUT2D eigenvalue weighted by Gasteiger charge is 2.12. The van der Waals surface area contributed by atoms with Gasteiger partial charge in [-0.1, -0.05) is 0 Å². The van der Waals surface area contributed by atoms with E-state index in [2.05, 4.69) is 68.1 Å². The number of anilines is 4. The fraction of sp³-hybridized carbons (Fsp3) is 0.148. The van der Waals surface area contributed by atoms with Gasteiger partial charge < -0.3 is 20.3 Å². The summed E-state index contributed by atoms with van der Waals surface area (Å²) in [6.45, 7) is 3.42. The van der Waals surface area contributed by atoms with Crippen LogP contribution in [0.3, 0.4) is 0 Å². The van der Waals surface area contributed by atoms with Crippen LogP contribution in [0.2, 0.25) is 0 Å². The predicted molar refractivity (Wildman–Crippen MR) is 144 cm³/mol. The fourth-order valence-corrected chi connectivity index (χ4v) is 4.78. The fourth-order valence-electron chi connectivity index (χ4n) is 4.27. The van der Waals surface area contributed by atoms with E-state index >= 15 is 0 Å². The largest absolute Gasteiger partial charge is 0.378 e. The highest BCUT2D eigenvalue weighted by Crippen LogP contribution is 2.26. The van der Waals surface area contributed by atoms with E-state index in [4.69, 9.17) is 4.74 Å². The second kappa shape index (κ2) is 9.80. The zero-order chi connectivity index (χ0) is 24.3. The molecule has 9 heteroatoms. The quantitative estimate of drug-likeness (QED) is 0.331. The molecule has 36 heavy (non-hydrogen) atoms. The Morgan fingerprint density at radius 2 is 1.58 bits per heavy atom. The summed E-state index contributed by atoms with van der Waals surface area (Å²) in [5.41, 5.74) is 7.54. The van der Waals surface area contributed by atoms with Gasteiger partial charge in [0.25, 0.3) is 5.91 Å². The van der Waals surface area contributed by atoms with Crippen molar-refractivity contribution >= 4 is 50.9 Å². The van der Waals surface area contributed by atoms with Gasteiger partial charge in [0, 0.05) is 41.2 Å². The van der Waals surface area contributed by atoms with E-state index in [9.17, 15) is 4.79 Å². The zero-order valence-electron chi connectivity index (χ0n) is 19.4. The number of hydrogen-bond donors (Lipinski definition) is 2. The van der Waals surface area contributed by atoms with Crippen LogP contribution in [0.5, 0.6) is 0 Å². The Morgan fingerprint density at radius 1 is 0.861 bits per heavy atom. The number of ether oxygens (including phenoxy) is 1. The van der Waals surface area contributed by atoms with Crippen molar-refractivity contribution in [1.29, 1.82) is 0 Å². The molecule has 1 fully saturated rings. The van der Waals surface area contributed by atoms with Crippen LogP contribution in [0.4, 0.5) is 22.7 Å². The highest BCUT2D eigenvalue weighted by atomic mass is 32.1. The molecule has 0 spiro atoms. The van der Waals surface area contributed by atoms with Gasteiger partial charge in [0.2, 0.25) is 0 Å². The first-order chi connectivity index (χ1) is 17.7. The molecule has 1 aliphatic rings. The SMILES string of the molecule is O=C(Nc1ccc(-n2ncc3cc(Nc4ccc(N5CCOCC5)cc4)ccc32)cc1)c1cncs1. The van der Waals surface area contributed by atoms with Crippen molar-refractivity contribution in [2.24, 2.45) is 0 Å². The third-order valence-corrected chi connectivity index (χ3v) is 6.90. The molecule has 2 N–H and O–H groups in total. The standard InChI is InChI=1S/C27H24N6O2S/c34-27(26-17-28-18-36-26)31-21-3-8-24(9-4-21)33-25-10-5-22(15-19(25)16-29-33)30-20-1-6-23(7-2-20)32-11-13-35-14-12-32/h1-10,15-18,30H,11-14H2,(H,31,34). The predicted octanol–water partition coefficient (Wildman–Crippen LogP) is 5.31. The van der Waals surface area contributed by atoms with E-state index < -0.39 is 0 Å². The van der Waals surface area contributed by atoms with Crippen LogP contribution < -0.4 is 15.5 Å². The molecule has 1 aliphatic heterocycles. The Balaban J connectivity index is 1.15. The van der Waals surface area contributed by atoms with Crippen LogP contribution in [0.15, 0.2) is 84.6 Å². The molecule has 1 amide bonds. The van der Waals surface area contributed by atoms with Gasteiger partial charge in [0.05, 0.1) is 42.3 Å². The van der Waals surface area contributed by atoms with Crippen LogP contribution in [0, 0.1) is 0 Å². The minimum absolute atomic E-state index is 0.162. The number of carbonyl (C=O) groups excluding carboxylic acids is 1. The Morgan fingerprint density at radius 3 is 2.33 bits per heavy atom. The van der Waals surface area contributed by atoms with E-state index in [0.717, 1.165) is 60.0 Å². The minimum Gasteiger partial charge on any atom is -0.378 e. The molecule has 2 aromatic heterocycles. The molecule has 180 valence electrons. The molecule has 5 aromatic rings. The second-order valence-electron chi connectivity index (χ2n) is 8.47. The van der Waals surface area contributed by atoms with Gasteiger partial charge in [-0.05, 0) is 66.7 Å². The van der Waals surface area contributed by atoms with Crippen molar-refractivity contribution in [2.45, 2.75) is 0 Å². The van der Waals surface area contributed by atoms with E-state index in [-0.39, 0.29) is 5.91 Å². The summed E-state index contributed by atoms with van der Waals surface area (Å²) in [6.07, 6.45) is 3.43. The highest BCUT2D eigenvalue weighted by molar-refractivity contribution is 7.11. The number of rotatable bonds is 6. The van der Waals surface area contributed by atoms with Crippen molar-refractivity contribution in [3.63, 3.8) is 0 Å². The first-order valence-electron chi connectivity index (χ1n) is 11.7. The Hall–Kier alpha value is -4.21. The lowest BCUT2D eigenvalue weighted by Gasteiger charge is -2.28. The van der Waals surface area contributed by atoms with Crippen LogP contribution in [-0.4, -0.2) is 47.0 Å². The van der Waals surface area contributed by atoms with E-state index in [1.54, 1.807) is 11.7 Å². The number of aromatic nitrogens is 3. The molecule has 8 nitrogen and oxygen atoms in total. The summed E-state index contributed by atoms with van der Waals surface area (Å²) in [6, 6.07) is 22.3. The van der Waals surface area contributed by atoms with Gasteiger partial charge in [-0.3, -0.25) is 9.78 Å². The van der Waals surface area contributed by atoms with Crippen LogP contribution in [0.25, 0.3) is 16.6 Å². The molecular formula is C27H24N6O2S. The third-order valence-electron chi connectivity index (χ3n) is 6.13. The number of nitrogens with one attached hydrogen (secondary N) is 2. The number of hydrogen-bond acceptors (Lipinski definition) is 7. The van der Waals surface area contributed by atoms with Crippen molar-refractivity contribution in [3.05, 3.63) is 89.5 Å². The number of benzene rings is 3. The zero-order valence-corrected chi connectivity index (χ0v) is 20.2. The van der Waals surface area contributed by atoms with Gasteiger partial charge in [0.15, 0.2) is 0 Å². The lowest BCUT2D eigenvalue weighted by atomic mass is 10.2. The molecule has 1 saturated heterocycles. The molecule has 3 aromatic carbocycles. The third kappa shape index (κ3) is 4.66. The molecule has 6 rings (SSSR count). The summed E-state index contributed by atoms with van der Waals surface area (Å²) < 4.78 is 7.34. The summed E-state index contributed by atoms with van der Waals surface area (Å²) in [7, 11) is 0. The van der Waals surface area contributed by atoms with E-state index in [1.807, 2.05) is 35.1 Å². The lowest BCUT2D eigenvalue weighted by molar-refractivity contribution is 0.103. The summed E-state index contributed by atoms with van der Waals surface area (Å²) in [5, 5.41) is 12.0. The number of thiazole rings is 1. The average Bonchev–Trinajstić information content (AvgIpc) is 3.61. The molecule has 0 bridgehead atoms. The van der Waals surface area contributed by atoms with Gasteiger partial charge in [0.1, 0.15) is 4.88 Å². The number of morpholine rings is 1. The first-order valence-corrected chi connectivity index (χ1v) is 12.6. The molecule has 0 aliphatic carbocycles. The van der Waals surface area contributed by atoms with Crippen molar-refractivity contribution in [3.8, 4) is 5.69 Å². The number of fused-ring (bicyclic) bond motifs is 1. The second-order valence-corrected chi connectivity index (χ2v) is 9.35.